The van der Waals surface area contributed by atoms with Crippen LogP contribution in [0, 0.1) is 0 Å². The number of hydrogen-bond donors (Lipinski definition) is 0. The zero-order valence-electron chi connectivity index (χ0n) is 7.24. The summed E-state index contributed by atoms with van der Waals surface area (Å²) in [7, 11) is 0. The predicted octanol–water partition coefficient (Wildman–Crippen LogP) is -6.37. The van der Waals surface area contributed by atoms with Crippen molar-refractivity contribution in [3.8, 4) is 0 Å². The Morgan fingerprint density at radius 3 is 1.67 bits per heavy atom. The number of rotatable bonds is 0. The minimum atomic E-state index is 0. The van der Waals surface area contributed by atoms with E-state index in [0.717, 1.165) is 0 Å². The largest absolute Gasteiger partial charge is 1.00 e. The molecule has 12 heavy (non-hydrogen) atoms. The third-order valence-corrected chi connectivity index (χ3v) is 2.50. The molecule has 0 radical (unpaired) electrons. The fourth-order valence-electron chi connectivity index (χ4n) is 1.09. The second-order valence-corrected chi connectivity index (χ2v) is 4.31. The summed E-state index contributed by atoms with van der Waals surface area (Å²) >= 11 is 2.70. The molecule has 0 nitrogen and oxygen atoms in total. The van der Waals surface area contributed by atoms with E-state index >= 15 is 0 Å². The predicted molar refractivity (Wildman–Crippen MR) is 35.9 cm³/mol. The molecule has 1 atom stereocenters. The van der Waals surface area contributed by atoms with Crippen molar-refractivity contribution < 1.29 is 54.6 Å². The molecule has 0 saturated carbocycles. The normalized spacial score (nSPS) is 25.8. The van der Waals surface area contributed by atoms with Gasteiger partial charge in [0.25, 0.3) is 0 Å². The molecule has 0 heterocycles. The van der Waals surface area contributed by atoms with Crippen molar-refractivity contribution in [2.24, 2.45) is 0 Å². The van der Waals surface area contributed by atoms with Gasteiger partial charge in [-0.1, -0.05) is 0 Å². The van der Waals surface area contributed by atoms with Crippen LogP contribution < -0.4 is 37.2 Å². The van der Waals surface area contributed by atoms with E-state index in [2.05, 4.69) is 50.3 Å². The Balaban J connectivity index is -0.000000270. The number of hydrogen-bond acceptors (Lipinski definition) is 0. The average molecular weight is 264 g/mol. The van der Waals surface area contributed by atoms with Gasteiger partial charge in [-0.05, 0) is 0 Å². The molecule has 69 valence electrons. The number of allylic oxidation sites excluding steroid dienone is 4. The molecule has 0 aromatic rings. The van der Waals surface area contributed by atoms with Crippen LogP contribution in [0.25, 0.3) is 0 Å². The minimum Gasteiger partial charge on any atom is -1.00 e. The standard InChI is InChI=1S/C8H11.3ClH.V/c1-6-4-7(2)8(3)5-6;;;;/h4-5H,1-3H3;3*1H;/q;;;;+3/p-3. The van der Waals surface area contributed by atoms with Gasteiger partial charge in [-0.3, -0.25) is 0 Å². The number of halogens is 3. The van der Waals surface area contributed by atoms with Crippen LogP contribution in [-0.2, 0) is 17.4 Å². The molecular weight excluding hydrogens is 253 g/mol. The first-order chi connectivity index (χ1) is 4.02. The van der Waals surface area contributed by atoms with Crippen molar-refractivity contribution in [2.45, 2.75) is 24.9 Å². The third-order valence-electron chi connectivity index (χ3n) is 1.75. The molecule has 0 saturated heterocycles. The van der Waals surface area contributed by atoms with Crippen LogP contribution in [0.2, 0.25) is 4.13 Å². The molecule has 0 aromatic carbocycles. The maximum atomic E-state index is 2.70. The average Bonchev–Trinajstić information content (AvgIpc) is 1.79. The van der Waals surface area contributed by atoms with E-state index in [1.165, 1.54) is 11.1 Å². The quantitative estimate of drug-likeness (QED) is 0.408. The minimum absolute atomic E-state index is 0. The first-order valence-corrected chi connectivity index (χ1v) is 3.83. The van der Waals surface area contributed by atoms with Crippen molar-refractivity contribution in [3.05, 3.63) is 23.3 Å². The monoisotopic (exact) mass is 263 g/mol. The molecule has 1 aliphatic rings. The van der Waals surface area contributed by atoms with Gasteiger partial charge in [-0.2, -0.15) is 0 Å². The van der Waals surface area contributed by atoms with Gasteiger partial charge in [-0.15, -0.1) is 0 Å². The van der Waals surface area contributed by atoms with E-state index in [0.29, 0.717) is 0 Å². The maximum absolute atomic E-state index is 2.70. The summed E-state index contributed by atoms with van der Waals surface area (Å²) in [6.45, 7) is 6.53. The summed E-state index contributed by atoms with van der Waals surface area (Å²) in [5.41, 5.74) is 2.83. The fourth-order valence-corrected chi connectivity index (χ4v) is 1.51. The molecule has 1 unspecified atom stereocenters. The van der Waals surface area contributed by atoms with Gasteiger partial charge in [0.2, 0.25) is 0 Å². The molecule has 0 aliphatic heterocycles. The van der Waals surface area contributed by atoms with Crippen LogP contribution in [0.15, 0.2) is 23.3 Å². The second-order valence-electron chi connectivity index (χ2n) is 2.86. The molecule has 4 heteroatoms. The fraction of sp³-hybridized carbons (Fsp3) is 0.500. The van der Waals surface area contributed by atoms with E-state index in [9.17, 15) is 0 Å². The van der Waals surface area contributed by atoms with Crippen LogP contribution in [0.1, 0.15) is 20.8 Å². The van der Waals surface area contributed by atoms with Crippen LogP contribution in [0.3, 0.4) is 0 Å². The maximum Gasteiger partial charge on any atom is -1.00 e. The Hall–Kier alpha value is 0.934. The Bertz CT molecular complexity index is 194. The van der Waals surface area contributed by atoms with E-state index in [-0.39, 0.29) is 41.3 Å². The van der Waals surface area contributed by atoms with Crippen LogP contribution in [0.5, 0.6) is 0 Å². The van der Waals surface area contributed by atoms with Crippen molar-refractivity contribution >= 4 is 0 Å². The summed E-state index contributed by atoms with van der Waals surface area (Å²) in [6, 6.07) is 0. The summed E-state index contributed by atoms with van der Waals surface area (Å²) in [6.07, 6.45) is 4.51. The first-order valence-electron chi connectivity index (χ1n) is 3.13. The topological polar surface area (TPSA) is 0 Å². The zero-order valence-corrected chi connectivity index (χ0v) is 10.9. The molecule has 0 aromatic heterocycles. The second kappa shape index (κ2) is 6.40. The summed E-state index contributed by atoms with van der Waals surface area (Å²) in [4.78, 5) is 0. The van der Waals surface area contributed by atoms with Gasteiger partial charge in [0.05, 0.1) is 0 Å². The van der Waals surface area contributed by atoms with Crippen LogP contribution in [-0.4, -0.2) is 0 Å². The van der Waals surface area contributed by atoms with Crippen molar-refractivity contribution in [2.75, 3.05) is 0 Å². The van der Waals surface area contributed by atoms with E-state index in [4.69, 9.17) is 0 Å². The molecule has 0 amide bonds. The molecule has 0 bridgehead atoms. The molecule has 0 spiro atoms. The Labute approximate surface area is 102 Å². The Morgan fingerprint density at radius 2 is 1.58 bits per heavy atom. The Kier molecular flexibility index (Phi) is 9.95. The van der Waals surface area contributed by atoms with E-state index in [1.807, 2.05) is 0 Å². The van der Waals surface area contributed by atoms with Gasteiger partial charge >= 0.3 is 65.6 Å². The van der Waals surface area contributed by atoms with Crippen molar-refractivity contribution in [1.29, 1.82) is 0 Å². The molecular formula is C8H11Cl3V. The van der Waals surface area contributed by atoms with Gasteiger partial charge < -0.3 is 37.2 Å². The summed E-state index contributed by atoms with van der Waals surface area (Å²) in [5, 5.41) is 0. The molecule has 0 N–H and O–H groups in total. The Morgan fingerprint density at radius 1 is 1.17 bits per heavy atom. The van der Waals surface area contributed by atoms with Gasteiger partial charge in [-0.25, -0.2) is 0 Å². The van der Waals surface area contributed by atoms with Crippen molar-refractivity contribution in [1.82, 2.24) is 0 Å². The molecule has 0 fully saturated rings. The summed E-state index contributed by atoms with van der Waals surface area (Å²) < 4.78 is 0.261. The molecule has 1 aliphatic carbocycles. The van der Waals surface area contributed by atoms with E-state index < -0.39 is 0 Å². The van der Waals surface area contributed by atoms with Gasteiger partial charge in [0, 0.05) is 0 Å². The smallest absolute Gasteiger partial charge is 1.00 e. The van der Waals surface area contributed by atoms with E-state index in [1.54, 1.807) is 0 Å². The van der Waals surface area contributed by atoms with Gasteiger partial charge in [0.15, 0.2) is 0 Å². The van der Waals surface area contributed by atoms with Crippen LogP contribution in [0.4, 0.5) is 0 Å². The molecule has 1 rings (SSSR count). The van der Waals surface area contributed by atoms with Gasteiger partial charge in [0.1, 0.15) is 0 Å². The third kappa shape index (κ3) is 4.25. The first kappa shape index (κ1) is 18.7. The zero-order chi connectivity index (χ0) is 7.07. The van der Waals surface area contributed by atoms with Crippen molar-refractivity contribution in [3.63, 3.8) is 0 Å². The summed E-state index contributed by atoms with van der Waals surface area (Å²) in [5.74, 6) is 0. The SMILES string of the molecule is CC1=C[C](C)([V+3])C(C)=C1.[Cl-].[Cl-].[Cl-]. The van der Waals surface area contributed by atoms with Crippen LogP contribution >= 0.6 is 0 Å².